The monoisotopic (exact) mass is 493 g/mol. The average molecular weight is 494 g/mol. The van der Waals surface area contributed by atoms with Crippen molar-refractivity contribution < 1.29 is 22.7 Å². The van der Waals surface area contributed by atoms with Gasteiger partial charge in [-0.15, -0.1) is 0 Å². The first-order valence-electron chi connectivity index (χ1n) is 9.05. The van der Waals surface area contributed by atoms with Gasteiger partial charge in [-0.25, -0.2) is 4.98 Å². The summed E-state index contributed by atoms with van der Waals surface area (Å²) in [6.07, 6.45) is 0.0522. The molecule has 1 fully saturated rings. The number of carbonyl (C=O) groups excluding carboxylic acids is 1. The number of ether oxygens (including phenoxy) is 1. The summed E-state index contributed by atoms with van der Waals surface area (Å²) in [6, 6.07) is 5.10. The zero-order chi connectivity index (χ0) is 23.0. The number of pyridine rings is 1. The number of alkyl halides is 3. The van der Waals surface area contributed by atoms with Crippen LogP contribution in [0.2, 0.25) is 10.0 Å². The number of aromatic nitrogens is 1. The summed E-state index contributed by atoms with van der Waals surface area (Å²) >= 11 is 12.5. The van der Waals surface area contributed by atoms with Crippen LogP contribution in [0.25, 0.3) is 0 Å². The first-order chi connectivity index (χ1) is 14.7. The molecule has 1 aromatic carbocycles. The Balaban J connectivity index is 0.000000785. The molecule has 5 nitrogen and oxygen atoms in total. The SMILES string of the molecule is C=COC.O=C(c1ncc(Cl)cc1NSc1ccc(Cl)c(C(F)(F)F)c1)N1CCCC1. The molecule has 0 radical (unpaired) electrons. The smallest absolute Gasteiger partial charge is 0.417 e. The summed E-state index contributed by atoms with van der Waals surface area (Å²) in [4.78, 5) is 18.7. The van der Waals surface area contributed by atoms with E-state index in [9.17, 15) is 18.0 Å². The van der Waals surface area contributed by atoms with Gasteiger partial charge in [0.25, 0.3) is 5.91 Å². The lowest BCUT2D eigenvalue weighted by Crippen LogP contribution is -2.29. The second kappa shape index (κ2) is 11.5. The number of carbonyl (C=O) groups is 1. The summed E-state index contributed by atoms with van der Waals surface area (Å²) in [5.41, 5.74) is -0.403. The van der Waals surface area contributed by atoms with Crippen molar-refractivity contribution in [2.45, 2.75) is 23.9 Å². The van der Waals surface area contributed by atoms with Crippen LogP contribution < -0.4 is 4.72 Å². The number of anilines is 1. The lowest BCUT2D eigenvalue weighted by atomic mass is 10.2. The van der Waals surface area contributed by atoms with Gasteiger partial charge in [-0.3, -0.25) is 4.79 Å². The first kappa shape index (κ1) is 25.2. The van der Waals surface area contributed by atoms with Gasteiger partial charge in [0.2, 0.25) is 0 Å². The maximum absolute atomic E-state index is 13.0. The van der Waals surface area contributed by atoms with Crippen LogP contribution in [0.15, 0.2) is 48.2 Å². The van der Waals surface area contributed by atoms with Gasteiger partial charge in [-0.1, -0.05) is 29.8 Å². The van der Waals surface area contributed by atoms with E-state index in [0.29, 0.717) is 23.8 Å². The van der Waals surface area contributed by atoms with Crippen molar-refractivity contribution >= 4 is 46.7 Å². The predicted octanol–water partition coefficient (Wildman–Crippen LogP) is 6.54. The van der Waals surface area contributed by atoms with Gasteiger partial charge < -0.3 is 14.4 Å². The van der Waals surface area contributed by atoms with E-state index in [1.807, 2.05) is 0 Å². The Labute approximate surface area is 192 Å². The zero-order valence-electron chi connectivity index (χ0n) is 16.5. The fraction of sp³-hybridized carbons (Fsp3) is 0.300. The number of amides is 1. The van der Waals surface area contributed by atoms with Gasteiger partial charge in [-0.05, 0) is 49.1 Å². The largest absolute Gasteiger partial charge is 0.505 e. The van der Waals surface area contributed by atoms with Crippen LogP contribution >= 0.6 is 35.1 Å². The normalized spacial score (nSPS) is 13.3. The second-order valence-electron chi connectivity index (χ2n) is 6.29. The third-order valence-electron chi connectivity index (χ3n) is 4.14. The molecule has 1 amide bonds. The molecule has 0 bridgehead atoms. The Kier molecular flexibility index (Phi) is 9.33. The third kappa shape index (κ3) is 7.22. The van der Waals surface area contributed by atoms with Crippen molar-refractivity contribution in [2.75, 3.05) is 24.9 Å². The van der Waals surface area contributed by atoms with Crippen molar-refractivity contribution in [1.82, 2.24) is 9.88 Å². The molecule has 0 atom stereocenters. The minimum absolute atomic E-state index is 0.179. The summed E-state index contributed by atoms with van der Waals surface area (Å²) < 4.78 is 46.2. The Morgan fingerprint density at radius 1 is 1.29 bits per heavy atom. The number of nitrogens with zero attached hydrogens (tertiary/aromatic N) is 2. The molecule has 0 saturated carbocycles. The van der Waals surface area contributed by atoms with Crippen molar-refractivity contribution in [3.63, 3.8) is 0 Å². The van der Waals surface area contributed by atoms with Crippen LogP contribution in [0.4, 0.5) is 18.9 Å². The van der Waals surface area contributed by atoms with E-state index in [4.69, 9.17) is 23.2 Å². The molecule has 0 spiro atoms. The van der Waals surface area contributed by atoms with Gasteiger partial charge in [0.15, 0.2) is 5.69 Å². The molecular weight excluding hydrogens is 474 g/mol. The first-order valence-corrected chi connectivity index (χ1v) is 10.6. The Morgan fingerprint density at radius 2 is 1.94 bits per heavy atom. The van der Waals surface area contributed by atoms with Crippen molar-refractivity contribution in [3.05, 3.63) is 64.6 Å². The highest BCUT2D eigenvalue weighted by molar-refractivity contribution is 8.00. The van der Waals surface area contributed by atoms with E-state index in [2.05, 4.69) is 21.0 Å². The van der Waals surface area contributed by atoms with Gasteiger partial charge in [-0.2, -0.15) is 13.2 Å². The molecule has 1 aliphatic rings. The zero-order valence-corrected chi connectivity index (χ0v) is 18.8. The van der Waals surface area contributed by atoms with E-state index in [0.717, 1.165) is 30.9 Å². The minimum Gasteiger partial charge on any atom is -0.505 e. The highest BCUT2D eigenvalue weighted by Crippen LogP contribution is 2.37. The van der Waals surface area contributed by atoms with Crippen LogP contribution in [0.5, 0.6) is 0 Å². The number of benzene rings is 1. The molecule has 1 N–H and O–H groups in total. The van der Waals surface area contributed by atoms with E-state index in [1.54, 1.807) is 12.0 Å². The minimum atomic E-state index is -4.55. The Bertz CT molecular complexity index is 923. The van der Waals surface area contributed by atoms with Crippen molar-refractivity contribution in [3.8, 4) is 0 Å². The van der Waals surface area contributed by atoms with Crippen molar-refractivity contribution in [2.24, 2.45) is 0 Å². The molecule has 1 aliphatic heterocycles. The average Bonchev–Trinajstić information content (AvgIpc) is 3.27. The Morgan fingerprint density at radius 3 is 2.52 bits per heavy atom. The number of rotatable bonds is 5. The lowest BCUT2D eigenvalue weighted by Gasteiger charge is -2.17. The summed E-state index contributed by atoms with van der Waals surface area (Å²) in [6.45, 7) is 4.57. The molecule has 1 aromatic heterocycles. The van der Waals surface area contributed by atoms with Crippen LogP contribution in [0.1, 0.15) is 28.9 Å². The lowest BCUT2D eigenvalue weighted by molar-refractivity contribution is -0.137. The van der Waals surface area contributed by atoms with Crippen LogP contribution in [0.3, 0.4) is 0 Å². The molecule has 1 saturated heterocycles. The van der Waals surface area contributed by atoms with Gasteiger partial charge >= 0.3 is 6.18 Å². The molecular formula is C20H20Cl2F3N3O2S. The van der Waals surface area contributed by atoms with E-state index < -0.39 is 11.7 Å². The second-order valence-corrected chi connectivity index (χ2v) is 8.02. The highest BCUT2D eigenvalue weighted by atomic mass is 35.5. The summed E-state index contributed by atoms with van der Waals surface area (Å²) in [7, 11) is 1.56. The quantitative estimate of drug-likeness (QED) is 0.378. The van der Waals surface area contributed by atoms with Crippen LogP contribution in [0, 0.1) is 0 Å². The molecule has 168 valence electrons. The molecule has 3 rings (SSSR count). The van der Waals surface area contributed by atoms with E-state index in [1.165, 1.54) is 30.7 Å². The van der Waals surface area contributed by atoms with Crippen LogP contribution in [-0.2, 0) is 10.9 Å². The van der Waals surface area contributed by atoms with Gasteiger partial charge in [0, 0.05) is 24.2 Å². The highest BCUT2D eigenvalue weighted by Gasteiger charge is 2.33. The number of hydrogen-bond acceptors (Lipinski definition) is 5. The van der Waals surface area contributed by atoms with E-state index in [-0.39, 0.29) is 21.5 Å². The standard InChI is InChI=1S/C17H14Cl2F3N3OS.C3H6O/c18-10-7-14(15(23-9-10)16(26)25-5-1-2-6-25)24-27-11-3-4-13(19)12(8-11)17(20,21)22;1-3-4-2/h3-4,7-9,24H,1-2,5-6H2;3H,1H2,2H3. The Hall–Kier alpha value is -2.10. The molecule has 31 heavy (non-hydrogen) atoms. The fourth-order valence-corrected chi connectivity index (χ4v) is 3.74. The predicted molar refractivity (Wildman–Crippen MR) is 118 cm³/mol. The van der Waals surface area contributed by atoms with E-state index >= 15 is 0 Å². The number of likely N-dealkylation sites (tertiary alicyclic amines) is 1. The molecule has 2 heterocycles. The third-order valence-corrected chi connectivity index (χ3v) is 5.49. The number of methoxy groups -OCH3 is 1. The van der Waals surface area contributed by atoms with Gasteiger partial charge in [0.05, 0.1) is 34.7 Å². The fourth-order valence-electron chi connectivity index (χ4n) is 2.66. The maximum atomic E-state index is 13.0. The molecule has 2 aromatic rings. The molecule has 0 aliphatic carbocycles. The molecule has 11 heteroatoms. The number of halogens is 5. The van der Waals surface area contributed by atoms with Gasteiger partial charge in [0.1, 0.15) is 0 Å². The molecule has 0 unspecified atom stereocenters. The number of nitrogens with one attached hydrogen (secondary N) is 1. The summed E-state index contributed by atoms with van der Waals surface area (Å²) in [5.74, 6) is -0.237. The topological polar surface area (TPSA) is 54.5 Å². The van der Waals surface area contributed by atoms with Crippen LogP contribution in [-0.4, -0.2) is 36.0 Å². The number of hydrogen-bond donors (Lipinski definition) is 1. The van der Waals surface area contributed by atoms with Crippen molar-refractivity contribution in [1.29, 1.82) is 0 Å². The summed E-state index contributed by atoms with van der Waals surface area (Å²) in [5, 5.41) is -0.0654. The maximum Gasteiger partial charge on any atom is 0.417 e.